The molecule has 0 fully saturated rings. The first-order chi connectivity index (χ1) is 15.8. The van der Waals surface area contributed by atoms with E-state index in [0.29, 0.717) is 34.5 Å². The van der Waals surface area contributed by atoms with E-state index in [4.69, 9.17) is 0 Å². The number of anilines is 5. The number of nitrogens with zero attached hydrogens (tertiary/aromatic N) is 3. The summed E-state index contributed by atoms with van der Waals surface area (Å²) in [6.45, 7) is 5.52. The molecule has 0 atom stereocenters. The fourth-order valence-corrected chi connectivity index (χ4v) is 4.63. The highest BCUT2D eigenvalue weighted by Crippen LogP contribution is 2.24. The van der Waals surface area contributed by atoms with Crippen LogP contribution >= 0.6 is 0 Å². The van der Waals surface area contributed by atoms with Gasteiger partial charge in [-0.3, -0.25) is 4.72 Å². The second kappa shape index (κ2) is 9.25. The van der Waals surface area contributed by atoms with E-state index in [9.17, 15) is 8.42 Å². The molecule has 2 aromatic heterocycles. The summed E-state index contributed by atoms with van der Waals surface area (Å²) in [5.74, 6) is 2.49. The van der Waals surface area contributed by atoms with Crippen LogP contribution in [0, 0.1) is 20.8 Å². The summed E-state index contributed by atoms with van der Waals surface area (Å²) in [6, 6.07) is 19.6. The average Bonchev–Trinajstić information content (AvgIpc) is 2.75. The number of hydrogen-bond donors (Lipinski definition) is 3. The maximum absolute atomic E-state index is 12.8. The molecule has 0 unspecified atom stereocenters. The van der Waals surface area contributed by atoms with E-state index in [2.05, 4.69) is 30.3 Å². The molecule has 4 aromatic rings. The Morgan fingerprint density at radius 2 is 1.42 bits per heavy atom. The number of hydrogen-bond acceptors (Lipinski definition) is 7. The molecule has 0 saturated carbocycles. The van der Waals surface area contributed by atoms with Crippen LogP contribution in [-0.2, 0) is 10.0 Å². The highest BCUT2D eigenvalue weighted by atomic mass is 32.2. The number of rotatable bonds is 7. The van der Waals surface area contributed by atoms with Crippen molar-refractivity contribution in [2.75, 3.05) is 15.4 Å². The lowest BCUT2D eigenvalue weighted by Crippen LogP contribution is -2.14. The third kappa shape index (κ3) is 5.64. The van der Waals surface area contributed by atoms with Gasteiger partial charge in [0.1, 0.15) is 23.3 Å². The van der Waals surface area contributed by atoms with Gasteiger partial charge >= 0.3 is 0 Å². The van der Waals surface area contributed by atoms with Gasteiger partial charge in [0.05, 0.1) is 4.90 Å². The molecule has 168 valence electrons. The highest BCUT2D eigenvalue weighted by molar-refractivity contribution is 7.92. The van der Waals surface area contributed by atoms with Gasteiger partial charge in [-0.1, -0.05) is 23.8 Å². The minimum atomic E-state index is -3.68. The van der Waals surface area contributed by atoms with E-state index in [1.165, 1.54) is 0 Å². The monoisotopic (exact) mass is 460 g/mol. The van der Waals surface area contributed by atoms with E-state index in [1.807, 2.05) is 31.2 Å². The minimum Gasteiger partial charge on any atom is -0.340 e. The molecule has 4 rings (SSSR count). The largest absolute Gasteiger partial charge is 0.340 e. The Labute approximate surface area is 193 Å². The SMILES string of the molecule is Cc1ccc(S(=O)(=O)Nc2ccc(Nc3cc(Nc4ccccn4)nc(C)n3)cc2)c(C)c1. The zero-order valence-corrected chi connectivity index (χ0v) is 19.3. The van der Waals surface area contributed by atoms with Crippen molar-refractivity contribution < 1.29 is 8.42 Å². The van der Waals surface area contributed by atoms with Crippen LogP contribution in [0.3, 0.4) is 0 Å². The van der Waals surface area contributed by atoms with Crippen molar-refractivity contribution in [2.24, 2.45) is 0 Å². The van der Waals surface area contributed by atoms with Crippen LogP contribution < -0.4 is 15.4 Å². The Kier molecular flexibility index (Phi) is 6.23. The van der Waals surface area contributed by atoms with Crippen LogP contribution in [0.5, 0.6) is 0 Å². The number of benzene rings is 2. The smallest absolute Gasteiger partial charge is 0.262 e. The highest BCUT2D eigenvalue weighted by Gasteiger charge is 2.17. The molecule has 8 nitrogen and oxygen atoms in total. The average molecular weight is 461 g/mol. The molecule has 0 spiro atoms. The molecule has 0 aliphatic rings. The Balaban J connectivity index is 1.48. The lowest BCUT2D eigenvalue weighted by atomic mass is 10.2. The summed E-state index contributed by atoms with van der Waals surface area (Å²) in [6.07, 6.45) is 1.70. The number of pyridine rings is 1. The molecule has 0 amide bonds. The van der Waals surface area contributed by atoms with Crippen molar-refractivity contribution in [3.63, 3.8) is 0 Å². The lowest BCUT2D eigenvalue weighted by molar-refractivity contribution is 0.600. The van der Waals surface area contributed by atoms with Crippen molar-refractivity contribution in [1.82, 2.24) is 15.0 Å². The maximum Gasteiger partial charge on any atom is 0.262 e. The van der Waals surface area contributed by atoms with E-state index >= 15 is 0 Å². The van der Waals surface area contributed by atoms with Gasteiger partial charge in [0, 0.05) is 23.6 Å². The molecule has 2 aromatic carbocycles. The molecule has 2 heterocycles. The van der Waals surface area contributed by atoms with Crippen molar-refractivity contribution >= 4 is 38.9 Å². The van der Waals surface area contributed by atoms with E-state index in [0.717, 1.165) is 11.3 Å². The Morgan fingerprint density at radius 3 is 2.09 bits per heavy atom. The van der Waals surface area contributed by atoms with Crippen LogP contribution in [0.15, 0.2) is 77.8 Å². The third-order valence-electron chi connectivity index (χ3n) is 4.79. The fraction of sp³-hybridized carbons (Fsp3) is 0.125. The number of nitrogens with one attached hydrogen (secondary N) is 3. The van der Waals surface area contributed by atoms with Gasteiger partial charge in [0.25, 0.3) is 10.0 Å². The summed E-state index contributed by atoms with van der Waals surface area (Å²) in [5.41, 5.74) is 2.94. The summed E-state index contributed by atoms with van der Waals surface area (Å²) in [5, 5.41) is 6.37. The molecule has 0 aliphatic heterocycles. The standard InChI is InChI=1S/C24H24N6O2S/c1-16-7-12-21(17(2)14-16)33(31,32)30-20-10-8-19(9-11-20)28-23-15-24(27-18(3)26-23)29-22-6-4-5-13-25-22/h4-15,30H,1-3H3,(H2,25,26,27,28,29). The first-order valence-electron chi connectivity index (χ1n) is 10.3. The second-order valence-corrected chi connectivity index (χ2v) is 9.25. The Hall–Kier alpha value is -3.98. The fourth-order valence-electron chi connectivity index (χ4n) is 3.34. The molecule has 3 N–H and O–H groups in total. The quantitative estimate of drug-likeness (QED) is 0.353. The van der Waals surface area contributed by atoms with Gasteiger partial charge in [-0.05, 0) is 68.8 Å². The number of sulfonamides is 1. The zero-order valence-electron chi connectivity index (χ0n) is 18.5. The Morgan fingerprint density at radius 1 is 0.727 bits per heavy atom. The van der Waals surface area contributed by atoms with Crippen molar-refractivity contribution in [3.8, 4) is 0 Å². The van der Waals surface area contributed by atoms with E-state index in [1.54, 1.807) is 62.5 Å². The molecule has 33 heavy (non-hydrogen) atoms. The van der Waals surface area contributed by atoms with Gasteiger partial charge in [-0.15, -0.1) is 0 Å². The van der Waals surface area contributed by atoms with Gasteiger partial charge in [0.2, 0.25) is 0 Å². The molecule has 9 heteroatoms. The predicted octanol–water partition coefficient (Wildman–Crippen LogP) is 5.08. The van der Waals surface area contributed by atoms with Crippen molar-refractivity contribution in [3.05, 3.63) is 89.9 Å². The van der Waals surface area contributed by atoms with Crippen LogP contribution in [0.1, 0.15) is 17.0 Å². The molecular formula is C24H24N6O2S. The molecular weight excluding hydrogens is 436 g/mol. The normalized spacial score (nSPS) is 11.1. The first-order valence-corrected chi connectivity index (χ1v) is 11.8. The van der Waals surface area contributed by atoms with Crippen LogP contribution in [0.2, 0.25) is 0 Å². The van der Waals surface area contributed by atoms with Crippen LogP contribution in [0.4, 0.5) is 28.8 Å². The third-order valence-corrected chi connectivity index (χ3v) is 6.33. The van der Waals surface area contributed by atoms with Crippen LogP contribution in [-0.4, -0.2) is 23.4 Å². The Bertz CT molecular complexity index is 1370. The topological polar surface area (TPSA) is 109 Å². The summed E-state index contributed by atoms with van der Waals surface area (Å²) < 4.78 is 28.2. The number of aromatic nitrogens is 3. The lowest BCUT2D eigenvalue weighted by Gasteiger charge is -2.12. The maximum atomic E-state index is 12.8. The molecule has 0 saturated heterocycles. The van der Waals surface area contributed by atoms with Crippen molar-refractivity contribution in [1.29, 1.82) is 0 Å². The zero-order chi connectivity index (χ0) is 23.4. The van der Waals surface area contributed by atoms with Gasteiger partial charge in [0.15, 0.2) is 0 Å². The predicted molar refractivity (Wildman–Crippen MR) is 131 cm³/mol. The van der Waals surface area contributed by atoms with Gasteiger partial charge in [-0.25, -0.2) is 23.4 Å². The molecule has 0 radical (unpaired) electrons. The van der Waals surface area contributed by atoms with Gasteiger partial charge in [-0.2, -0.15) is 0 Å². The van der Waals surface area contributed by atoms with Crippen molar-refractivity contribution in [2.45, 2.75) is 25.7 Å². The minimum absolute atomic E-state index is 0.264. The summed E-state index contributed by atoms with van der Waals surface area (Å²) in [4.78, 5) is 13.3. The van der Waals surface area contributed by atoms with E-state index < -0.39 is 10.0 Å². The molecule has 0 aliphatic carbocycles. The second-order valence-electron chi connectivity index (χ2n) is 7.60. The van der Waals surface area contributed by atoms with Crippen LogP contribution in [0.25, 0.3) is 0 Å². The van der Waals surface area contributed by atoms with Gasteiger partial charge < -0.3 is 10.6 Å². The number of aryl methyl sites for hydroxylation is 3. The summed E-state index contributed by atoms with van der Waals surface area (Å²) in [7, 11) is -3.68. The first kappa shape index (κ1) is 22.2. The van der Waals surface area contributed by atoms with E-state index in [-0.39, 0.29) is 4.90 Å². The molecule has 0 bridgehead atoms. The summed E-state index contributed by atoms with van der Waals surface area (Å²) >= 11 is 0.